The smallest absolute Gasteiger partial charge is 0.463 e. The number of hydrogen-bond donors (Lipinski definition) is 1. The number of carbonyl (C=O) groups excluding carboxylic acids is 2. The fourth-order valence-corrected chi connectivity index (χ4v) is 2.30. The average molecular weight is 273 g/mol. The highest BCUT2D eigenvalue weighted by Gasteiger charge is 2.47. The molecule has 0 saturated heterocycles. The van der Waals surface area contributed by atoms with E-state index in [0.29, 0.717) is 25.3 Å². The summed E-state index contributed by atoms with van der Waals surface area (Å²) in [6, 6.07) is 0. The zero-order valence-electron chi connectivity index (χ0n) is 11.6. The SMILES string of the molecule is CCOC(=O)OC1(C(=O)OCC)CCC(CN)CC1. The topological polar surface area (TPSA) is 87.8 Å². The van der Waals surface area contributed by atoms with Gasteiger partial charge in [0.2, 0.25) is 5.60 Å². The molecule has 0 atom stereocenters. The van der Waals surface area contributed by atoms with Gasteiger partial charge in [-0.15, -0.1) is 0 Å². The normalized spacial score (nSPS) is 26.6. The van der Waals surface area contributed by atoms with Crippen molar-refractivity contribution in [1.29, 1.82) is 0 Å². The first-order valence-corrected chi connectivity index (χ1v) is 6.81. The zero-order chi connectivity index (χ0) is 14.3. The van der Waals surface area contributed by atoms with Crippen molar-refractivity contribution in [2.24, 2.45) is 11.7 Å². The van der Waals surface area contributed by atoms with Gasteiger partial charge in [-0.25, -0.2) is 9.59 Å². The number of rotatable bonds is 5. The second-order valence-corrected chi connectivity index (χ2v) is 4.68. The van der Waals surface area contributed by atoms with Crippen molar-refractivity contribution in [2.45, 2.75) is 45.1 Å². The third kappa shape index (κ3) is 4.09. The van der Waals surface area contributed by atoms with E-state index in [2.05, 4.69) is 0 Å². The molecule has 0 bridgehead atoms. The van der Waals surface area contributed by atoms with Crippen LogP contribution >= 0.6 is 0 Å². The van der Waals surface area contributed by atoms with Gasteiger partial charge in [-0.3, -0.25) is 0 Å². The monoisotopic (exact) mass is 273 g/mol. The molecule has 0 amide bonds. The van der Waals surface area contributed by atoms with Crippen LogP contribution in [0.3, 0.4) is 0 Å². The van der Waals surface area contributed by atoms with Crippen LogP contribution < -0.4 is 5.73 Å². The summed E-state index contributed by atoms with van der Waals surface area (Å²) < 4.78 is 15.0. The highest BCUT2D eigenvalue weighted by Crippen LogP contribution is 2.36. The Morgan fingerprint density at radius 1 is 1.16 bits per heavy atom. The van der Waals surface area contributed by atoms with Crippen molar-refractivity contribution < 1.29 is 23.8 Å². The predicted octanol–water partition coefficient (Wildman–Crippen LogP) is 1.61. The fourth-order valence-electron chi connectivity index (χ4n) is 2.30. The standard InChI is InChI=1S/C13H23NO5/c1-3-17-11(15)13(19-12(16)18-4-2)7-5-10(9-14)6-8-13/h10H,3-9,14H2,1-2H3. The Morgan fingerprint density at radius 2 is 1.74 bits per heavy atom. The van der Waals surface area contributed by atoms with Crippen LogP contribution in [0, 0.1) is 5.92 Å². The Labute approximate surface area is 113 Å². The summed E-state index contributed by atoms with van der Waals surface area (Å²) in [7, 11) is 0. The molecule has 0 spiro atoms. The Bertz CT molecular complexity index is 310. The molecule has 1 aliphatic carbocycles. The van der Waals surface area contributed by atoms with Crippen molar-refractivity contribution in [1.82, 2.24) is 0 Å². The molecule has 0 radical (unpaired) electrons. The number of esters is 1. The van der Waals surface area contributed by atoms with E-state index in [1.165, 1.54) is 0 Å². The number of hydrogen-bond acceptors (Lipinski definition) is 6. The minimum atomic E-state index is -1.20. The van der Waals surface area contributed by atoms with Crippen LogP contribution in [0.15, 0.2) is 0 Å². The van der Waals surface area contributed by atoms with Crippen molar-refractivity contribution in [2.75, 3.05) is 19.8 Å². The summed E-state index contributed by atoms with van der Waals surface area (Å²) >= 11 is 0. The predicted molar refractivity (Wildman–Crippen MR) is 68.5 cm³/mol. The molecule has 110 valence electrons. The maximum absolute atomic E-state index is 12.1. The van der Waals surface area contributed by atoms with Crippen LogP contribution in [0.4, 0.5) is 4.79 Å². The zero-order valence-corrected chi connectivity index (χ0v) is 11.6. The largest absolute Gasteiger partial charge is 0.509 e. The molecule has 6 heteroatoms. The molecule has 0 unspecified atom stereocenters. The molecule has 6 nitrogen and oxygen atoms in total. The molecular formula is C13H23NO5. The lowest BCUT2D eigenvalue weighted by Gasteiger charge is -2.36. The molecule has 0 heterocycles. The lowest BCUT2D eigenvalue weighted by Crippen LogP contribution is -2.48. The van der Waals surface area contributed by atoms with E-state index in [9.17, 15) is 9.59 Å². The van der Waals surface area contributed by atoms with E-state index in [4.69, 9.17) is 19.9 Å². The van der Waals surface area contributed by atoms with Crippen LogP contribution in [-0.2, 0) is 19.0 Å². The molecule has 1 aliphatic rings. The van der Waals surface area contributed by atoms with E-state index in [1.807, 2.05) is 0 Å². The first-order valence-electron chi connectivity index (χ1n) is 6.81. The first kappa shape index (κ1) is 15.8. The van der Waals surface area contributed by atoms with Gasteiger partial charge in [0.05, 0.1) is 13.2 Å². The molecule has 0 aromatic carbocycles. The van der Waals surface area contributed by atoms with E-state index in [1.54, 1.807) is 13.8 Å². The summed E-state index contributed by atoms with van der Waals surface area (Å²) in [5, 5.41) is 0. The van der Waals surface area contributed by atoms with Crippen molar-refractivity contribution in [3.63, 3.8) is 0 Å². The highest BCUT2D eigenvalue weighted by molar-refractivity contribution is 5.82. The number of nitrogens with two attached hydrogens (primary N) is 1. The summed E-state index contributed by atoms with van der Waals surface area (Å²) in [5.41, 5.74) is 4.43. The van der Waals surface area contributed by atoms with Crippen LogP contribution in [0.2, 0.25) is 0 Å². The number of ether oxygens (including phenoxy) is 3. The minimum Gasteiger partial charge on any atom is -0.463 e. The van der Waals surface area contributed by atoms with Crippen LogP contribution in [0.1, 0.15) is 39.5 Å². The second kappa shape index (κ2) is 7.33. The van der Waals surface area contributed by atoms with E-state index in [0.717, 1.165) is 12.8 Å². The summed E-state index contributed by atoms with van der Waals surface area (Å²) in [6.45, 7) is 4.46. The van der Waals surface area contributed by atoms with Crippen LogP contribution in [0.5, 0.6) is 0 Å². The van der Waals surface area contributed by atoms with Gasteiger partial charge in [0.15, 0.2) is 0 Å². The fraction of sp³-hybridized carbons (Fsp3) is 0.846. The molecule has 1 saturated carbocycles. The molecule has 19 heavy (non-hydrogen) atoms. The number of carbonyl (C=O) groups is 2. The first-order chi connectivity index (χ1) is 9.07. The Kier molecular flexibility index (Phi) is 6.08. The summed E-state index contributed by atoms with van der Waals surface area (Å²) in [6.07, 6.45) is 1.55. The van der Waals surface area contributed by atoms with Crippen LogP contribution in [0.25, 0.3) is 0 Å². The van der Waals surface area contributed by atoms with Crippen molar-refractivity contribution in [3.8, 4) is 0 Å². The Morgan fingerprint density at radius 3 is 2.21 bits per heavy atom. The highest BCUT2D eigenvalue weighted by atomic mass is 16.7. The van der Waals surface area contributed by atoms with E-state index < -0.39 is 17.7 Å². The van der Waals surface area contributed by atoms with Gasteiger partial charge < -0.3 is 19.9 Å². The Balaban J connectivity index is 2.74. The maximum Gasteiger partial charge on any atom is 0.509 e. The minimum absolute atomic E-state index is 0.211. The van der Waals surface area contributed by atoms with Crippen molar-refractivity contribution >= 4 is 12.1 Å². The molecule has 0 aliphatic heterocycles. The van der Waals surface area contributed by atoms with Gasteiger partial charge in [0.1, 0.15) is 0 Å². The molecular weight excluding hydrogens is 250 g/mol. The molecule has 2 N–H and O–H groups in total. The third-order valence-corrected chi connectivity index (χ3v) is 3.43. The van der Waals surface area contributed by atoms with Gasteiger partial charge in [0, 0.05) is 0 Å². The van der Waals surface area contributed by atoms with Gasteiger partial charge >= 0.3 is 12.1 Å². The third-order valence-electron chi connectivity index (χ3n) is 3.43. The summed E-state index contributed by atoms with van der Waals surface area (Å²) in [4.78, 5) is 23.6. The molecule has 0 aromatic rings. The van der Waals surface area contributed by atoms with E-state index >= 15 is 0 Å². The van der Waals surface area contributed by atoms with Gasteiger partial charge in [-0.1, -0.05) is 0 Å². The van der Waals surface area contributed by atoms with Gasteiger partial charge in [-0.05, 0) is 52.0 Å². The second-order valence-electron chi connectivity index (χ2n) is 4.68. The summed E-state index contributed by atoms with van der Waals surface area (Å²) in [5.74, 6) is -0.119. The van der Waals surface area contributed by atoms with Gasteiger partial charge in [0.25, 0.3) is 0 Å². The molecule has 1 fully saturated rings. The quantitative estimate of drug-likeness (QED) is 0.766. The molecule has 0 aromatic heterocycles. The van der Waals surface area contributed by atoms with Gasteiger partial charge in [-0.2, -0.15) is 0 Å². The average Bonchev–Trinajstić information content (AvgIpc) is 2.40. The lowest BCUT2D eigenvalue weighted by molar-refractivity contribution is -0.172. The maximum atomic E-state index is 12.1. The molecule has 1 rings (SSSR count). The van der Waals surface area contributed by atoms with Crippen molar-refractivity contribution in [3.05, 3.63) is 0 Å². The Hall–Kier alpha value is -1.30. The van der Waals surface area contributed by atoms with E-state index in [-0.39, 0.29) is 13.2 Å². The van der Waals surface area contributed by atoms with Crippen LogP contribution in [-0.4, -0.2) is 37.5 Å². The lowest BCUT2D eigenvalue weighted by atomic mass is 9.78.